The minimum Gasteiger partial charge on any atom is -0.314 e. The van der Waals surface area contributed by atoms with Crippen LogP contribution in [0.3, 0.4) is 0 Å². The van der Waals surface area contributed by atoms with Crippen molar-refractivity contribution in [2.45, 2.75) is 58.7 Å². The van der Waals surface area contributed by atoms with Gasteiger partial charge >= 0.3 is 0 Å². The van der Waals surface area contributed by atoms with Crippen LogP contribution in [0.25, 0.3) is 0 Å². The molecule has 0 heterocycles. The summed E-state index contributed by atoms with van der Waals surface area (Å²) in [7, 11) is 4.34. The van der Waals surface area contributed by atoms with E-state index >= 15 is 0 Å². The summed E-state index contributed by atoms with van der Waals surface area (Å²) >= 11 is 0. The molecule has 3 unspecified atom stereocenters. The molecule has 0 bridgehead atoms. The molecule has 0 aliphatic heterocycles. The van der Waals surface area contributed by atoms with E-state index in [1.165, 1.54) is 25.9 Å². The molecule has 0 aromatic carbocycles. The van der Waals surface area contributed by atoms with Crippen molar-refractivity contribution >= 4 is 0 Å². The van der Waals surface area contributed by atoms with E-state index in [-0.39, 0.29) is 0 Å². The van der Waals surface area contributed by atoms with E-state index in [0.29, 0.717) is 12.1 Å². The molecule has 1 aliphatic rings. The Morgan fingerprint density at radius 1 is 1.17 bits per heavy atom. The van der Waals surface area contributed by atoms with Crippen LogP contribution < -0.4 is 5.32 Å². The summed E-state index contributed by atoms with van der Waals surface area (Å²) in [6, 6.07) is 2.08. The first-order valence-corrected chi connectivity index (χ1v) is 7.59. The van der Waals surface area contributed by atoms with Gasteiger partial charge in [-0.1, -0.05) is 20.8 Å². The molecule has 0 aromatic rings. The monoisotopic (exact) mass is 255 g/mol. The summed E-state index contributed by atoms with van der Waals surface area (Å²) in [6.45, 7) is 12.7. The molecule has 108 valence electrons. The first-order valence-electron chi connectivity index (χ1n) is 7.59. The summed E-state index contributed by atoms with van der Waals surface area (Å²) in [5.41, 5.74) is 0. The van der Waals surface area contributed by atoms with Gasteiger partial charge in [0.15, 0.2) is 0 Å². The second-order valence-electron chi connectivity index (χ2n) is 6.41. The maximum Gasteiger partial charge on any atom is 0.0197 e. The summed E-state index contributed by atoms with van der Waals surface area (Å²) in [4.78, 5) is 5.00. The normalized spacial score (nSPS) is 25.8. The molecule has 0 saturated heterocycles. The Labute approximate surface area is 114 Å². The molecule has 0 spiro atoms. The summed E-state index contributed by atoms with van der Waals surface area (Å²) in [5, 5.41) is 3.60. The van der Waals surface area contributed by atoms with E-state index in [1.54, 1.807) is 0 Å². The zero-order valence-electron chi connectivity index (χ0n) is 13.2. The molecule has 3 atom stereocenters. The highest BCUT2D eigenvalue weighted by molar-refractivity contribution is 4.92. The van der Waals surface area contributed by atoms with Crippen molar-refractivity contribution in [1.82, 2.24) is 15.1 Å². The van der Waals surface area contributed by atoms with Crippen LogP contribution in [0.1, 0.15) is 40.5 Å². The first-order chi connectivity index (χ1) is 8.45. The number of rotatable bonds is 8. The molecule has 1 fully saturated rings. The Morgan fingerprint density at radius 2 is 1.83 bits per heavy atom. The molecule has 0 amide bonds. The van der Waals surface area contributed by atoms with Gasteiger partial charge in [-0.25, -0.2) is 0 Å². The average molecular weight is 255 g/mol. The number of nitrogens with one attached hydrogen (secondary N) is 1. The third-order valence-electron chi connectivity index (χ3n) is 4.15. The number of hydrogen-bond acceptors (Lipinski definition) is 3. The van der Waals surface area contributed by atoms with Crippen molar-refractivity contribution < 1.29 is 0 Å². The summed E-state index contributed by atoms with van der Waals surface area (Å²) < 4.78 is 0. The van der Waals surface area contributed by atoms with Crippen molar-refractivity contribution in [3.05, 3.63) is 0 Å². The van der Waals surface area contributed by atoms with Gasteiger partial charge in [0, 0.05) is 24.7 Å². The quantitative estimate of drug-likeness (QED) is 0.716. The van der Waals surface area contributed by atoms with Crippen molar-refractivity contribution in [2.75, 3.05) is 33.7 Å². The molecule has 1 rings (SSSR count). The molecule has 3 nitrogen and oxygen atoms in total. The average Bonchev–Trinajstić information content (AvgIpc) is 2.22. The van der Waals surface area contributed by atoms with E-state index in [1.807, 2.05) is 0 Å². The van der Waals surface area contributed by atoms with Crippen molar-refractivity contribution in [3.8, 4) is 0 Å². The highest BCUT2D eigenvalue weighted by Crippen LogP contribution is 2.32. The van der Waals surface area contributed by atoms with Crippen LogP contribution in [0.2, 0.25) is 0 Å². The maximum absolute atomic E-state index is 3.60. The third-order valence-corrected chi connectivity index (χ3v) is 4.15. The fourth-order valence-corrected chi connectivity index (χ4v) is 3.12. The van der Waals surface area contributed by atoms with E-state index < -0.39 is 0 Å². The van der Waals surface area contributed by atoms with Gasteiger partial charge in [-0.15, -0.1) is 0 Å². The van der Waals surface area contributed by atoms with Gasteiger partial charge < -0.3 is 10.2 Å². The van der Waals surface area contributed by atoms with Gasteiger partial charge in [-0.2, -0.15) is 0 Å². The van der Waals surface area contributed by atoms with Gasteiger partial charge in [0.25, 0.3) is 0 Å². The van der Waals surface area contributed by atoms with Crippen molar-refractivity contribution in [2.24, 2.45) is 5.92 Å². The lowest BCUT2D eigenvalue weighted by Crippen LogP contribution is -2.55. The van der Waals surface area contributed by atoms with Gasteiger partial charge in [0.1, 0.15) is 0 Å². The van der Waals surface area contributed by atoms with Crippen LogP contribution >= 0.6 is 0 Å². The zero-order chi connectivity index (χ0) is 13.7. The third kappa shape index (κ3) is 4.52. The minimum absolute atomic E-state index is 0.612. The van der Waals surface area contributed by atoms with Crippen LogP contribution in [0.5, 0.6) is 0 Å². The highest BCUT2D eigenvalue weighted by Gasteiger charge is 2.36. The highest BCUT2D eigenvalue weighted by atomic mass is 15.2. The number of nitrogens with zero attached hydrogens (tertiary/aromatic N) is 2. The van der Waals surface area contributed by atoms with Crippen LogP contribution in [-0.4, -0.2) is 61.7 Å². The Balaban J connectivity index is 2.44. The van der Waals surface area contributed by atoms with Crippen LogP contribution in [0.15, 0.2) is 0 Å². The second-order valence-corrected chi connectivity index (χ2v) is 6.41. The maximum atomic E-state index is 3.60. The molecule has 3 heteroatoms. The van der Waals surface area contributed by atoms with Gasteiger partial charge in [-0.05, 0) is 52.9 Å². The van der Waals surface area contributed by atoms with Gasteiger partial charge in [0.05, 0.1) is 0 Å². The Hall–Kier alpha value is -0.120. The molecule has 1 aliphatic carbocycles. The SMILES string of the molecule is CCN(C(C)CN(C)C)C1CCC1CNC(C)C. The van der Waals surface area contributed by atoms with Crippen LogP contribution in [0, 0.1) is 5.92 Å². The lowest BCUT2D eigenvalue weighted by Gasteiger charge is -2.47. The molecular formula is C15H33N3. The van der Waals surface area contributed by atoms with E-state index in [0.717, 1.165) is 18.5 Å². The molecular weight excluding hydrogens is 222 g/mol. The first kappa shape index (κ1) is 15.9. The van der Waals surface area contributed by atoms with Crippen LogP contribution in [-0.2, 0) is 0 Å². The standard InChI is InChI=1S/C15H33N3/c1-7-18(13(4)11-17(5)6)15-9-8-14(15)10-16-12(2)3/h12-16H,7-11H2,1-6H3. The summed E-state index contributed by atoms with van der Waals surface area (Å²) in [5.74, 6) is 0.858. The van der Waals surface area contributed by atoms with Gasteiger partial charge in [0.2, 0.25) is 0 Å². The largest absolute Gasteiger partial charge is 0.314 e. The Bertz CT molecular complexity index is 228. The van der Waals surface area contributed by atoms with Gasteiger partial charge in [-0.3, -0.25) is 4.90 Å². The fraction of sp³-hybridized carbons (Fsp3) is 1.00. The second kappa shape index (κ2) is 7.46. The van der Waals surface area contributed by atoms with Crippen molar-refractivity contribution in [3.63, 3.8) is 0 Å². The molecule has 0 aromatic heterocycles. The fourth-order valence-electron chi connectivity index (χ4n) is 3.12. The molecule has 0 radical (unpaired) electrons. The van der Waals surface area contributed by atoms with Crippen LogP contribution in [0.4, 0.5) is 0 Å². The predicted molar refractivity (Wildman–Crippen MR) is 80.0 cm³/mol. The Morgan fingerprint density at radius 3 is 2.22 bits per heavy atom. The van der Waals surface area contributed by atoms with Crippen molar-refractivity contribution in [1.29, 1.82) is 0 Å². The van der Waals surface area contributed by atoms with E-state index in [9.17, 15) is 0 Å². The molecule has 1 saturated carbocycles. The molecule has 1 N–H and O–H groups in total. The lowest BCUT2D eigenvalue weighted by atomic mass is 9.77. The lowest BCUT2D eigenvalue weighted by molar-refractivity contribution is 0.0281. The number of hydrogen-bond donors (Lipinski definition) is 1. The topological polar surface area (TPSA) is 18.5 Å². The minimum atomic E-state index is 0.612. The molecule has 18 heavy (non-hydrogen) atoms. The predicted octanol–water partition coefficient (Wildman–Crippen LogP) is 2.03. The number of likely N-dealkylation sites (N-methyl/N-ethyl adjacent to an activating group) is 2. The summed E-state index contributed by atoms with van der Waals surface area (Å²) in [6.07, 6.45) is 2.78. The smallest absolute Gasteiger partial charge is 0.0197 e. The van der Waals surface area contributed by atoms with E-state index in [4.69, 9.17) is 0 Å². The zero-order valence-corrected chi connectivity index (χ0v) is 13.2. The van der Waals surface area contributed by atoms with E-state index in [2.05, 4.69) is 56.9 Å². The Kier molecular flexibility index (Phi) is 6.61.